The number of benzene rings is 1. The predicted molar refractivity (Wildman–Crippen MR) is 94.9 cm³/mol. The number of halogens is 1. The summed E-state index contributed by atoms with van der Waals surface area (Å²) in [5.74, 6) is -0.426. The van der Waals surface area contributed by atoms with Gasteiger partial charge in [-0.25, -0.2) is 0 Å². The Labute approximate surface area is 153 Å². The lowest BCUT2D eigenvalue weighted by molar-refractivity contribution is -0.137. The molecule has 0 saturated heterocycles. The first-order chi connectivity index (χ1) is 12.0. The first-order valence-corrected chi connectivity index (χ1v) is 9.04. The maximum Gasteiger partial charge on any atom is 0.305 e. The highest BCUT2D eigenvalue weighted by molar-refractivity contribution is 9.10. The summed E-state index contributed by atoms with van der Waals surface area (Å²) in [7, 11) is 0. The van der Waals surface area contributed by atoms with Gasteiger partial charge < -0.3 is 10.4 Å². The molecule has 2 N–H and O–H groups in total. The van der Waals surface area contributed by atoms with Gasteiger partial charge in [-0.2, -0.15) is 0 Å². The Kier molecular flexibility index (Phi) is 4.07. The van der Waals surface area contributed by atoms with Gasteiger partial charge in [0.15, 0.2) is 0 Å². The maximum absolute atomic E-state index is 12.7. The van der Waals surface area contributed by atoms with Crippen molar-refractivity contribution in [3.05, 3.63) is 63.9 Å². The number of nitrogens with one attached hydrogen (secondary N) is 1. The summed E-state index contributed by atoms with van der Waals surface area (Å²) in [6, 6.07) is 9.19. The van der Waals surface area contributed by atoms with Crippen LogP contribution in [-0.2, 0) is 16.0 Å². The molecule has 4 unspecified atom stereocenters. The van der Waals surface area contributed by atoms with Gasteiger partial charge in [0.1, 0.15) is 0 Å². The van der Waals surface area contributed by atoms with Crippen LogP contribution in [0.1, 0.15) is 35.1 Å². The number of aromatic nitrogens is 1. The van der Waals surface area contributed by atoms with E-state index in [9.17, 15) is 9.59 Å². The molecule has 0 aliphatic heterocycles. The van der Waals surface area contributed by atoms with E-state index in [0.717, 1.165) is 16.5 Å². The molecule has 1 heterocycles. The third kappa shape index (κ3) is 3.06. The lowest BCUT2D eigenvalue weighted by Gasteiger charge is -2.18. The summed E-state index contributed by atoms with van der Waals surface area (Å²) in [4.78, 5) is 27.9. The molecule has 0 bridgehead atoms. The maximum atomic E-state index is 12.7. The lowest BCUT2D eigenvalue weighted by atomic mass is 10.0. The van der Waals surface area contributed by atoms with Gasteiger partial charge in [0, 0.05) is 22.8 Å². The fourth-order valence-electron chi connectivity index (χ4n) is 4.03. The number of nitrogens with zero attached hydrogens (tertiary/aromatic N) is 1. The second-order valence-corrected chi connectivity index (χ2v) is 7.62. The number of carboxylic acid groups (broad SMARTS) is 1. The van der Waals surface area contributed by atoms with E-state index in [1.807, 2.05) is 6.07 Å². The molecule has 2 aliphatic rings. The fourth-order valence-corrected chi connectivity index (χ4v) is 4.44. The van der Waals surface area contributed by atoms with Crippen LogP contribution in [0.5, 0.6) is 0 Å². The van der Waals surface area contributed by atoms with Crippen LogP contribution in [0.4, 0.5) is 0 Å². The number of hydrogen-bond acceptors (Lipinski definition) is 3. The number of carbonyl (C=O) groups is 2. The second kappa shape index (κ2) is 6.26. The molecule has 0 spiro atoms. The molecule has 0 radical (unpaired) electrons. The van der Waals surface area contributed by atoms with E-state index >= 15 is 0 Å². The van der Waals surface area contributed by atoms with Crippen LogP contribution in [0.25, 0.3) is 0 Å². The normalized spacial score (nSPS) is 24.1. The smallest absolute Gasteiger partial charge is 0.305 e. The van der Waals surface area contributed by atoms with Crippen molar-refractivity contribution in [3.63, 3.8) is 0 Å². The number of rotatable bonds is 5. The molecule has 25 heavy (non-hydrogen) atoms. The topological polar surface area (TPSA) is 79.3 Å². The molecule has 6 heteroatoms. The number of carbonyl (C=O) groups excluding carboxylic acids is 1. The molecule has 2 aromatic rings. The van der Waals surface area contributed by atoms with Crippen LogP contribution in [0.3, 0.4) is 0 Å². The predicted octanol–water partition coefficient (Wildman–Crippen LogP) is 3.06. The fraction of sp³-hybridized carbons (Fsp3) is 0.316. The highest BCUT2D eigenvalue weighted by atomic mass is 79.9. The molecule has 1 aromatic heterocycles. The summed E-state index contributed by atoms with van der Waals surface area (Å²) in [6.45, 7) is 0. The number of aliphatic carboxylic acids is 1. The zero-order valence-corrected chi connectivity index (χ0v) is 14.9. The molecule has 4 rings (SSSR count). The standard InChI is InChI=1S/C19H17BrN2O3/c20-12-1-2-13-11(7-12)8-14-17(13)18(14)19(25)22-15(9-16(23)24)10-3-5-21-6-4-10/h1-7,14-15,17-18H,8-9H2,(H,22,25)(H,23,24). The number of pyridine rings is 1. The summed E-state index contributed by atoms with van der Waals surface area (Å²) in [5, 5.41) is 12.1. The zero-order valence-electron chi connectivity index (χ0n) is 13.4. The van der Waals surface area contributed by atoms with Crippen molar-refractivity contribution >= 4 is 27.8 Å². The highest BCUT2D eigenvalue weighted by Gasteiger charge is 2.59. The Morgan fingerprint density at radius 2 is 2.04 bits per heavy atom. The first-order valence-electron chi connectivity index (χ1n) is 8.25. The lowest BCUT2D eigenvalue weighted by Crippen LogP contribution is -2.32. The van der Waals surface area contributed by atoms with Gasteiger partial charge in [-0.1, -0.05) is 22.0 Å². The number of fused-ring (bicyclic) bond motifs is 3. The minimum atomic E-state index is -0.937. The molecule has 1 amide bonds. The van der Waals surface area contributed by atoms with Crippen molar-refractivity contribution in [2.45, 2.75) is 24.8 Å². The third-order valence-electron chi connectivity index (χ3n) is 5.19. The van der Waals surface area contributed by atoms with Crippen LogP contribution >= 0.6 is 15.9 Å². The largest absolute Gasteiger partial charge is 0.481 e. The Hall–Kier alpha value is -2.21. The number of hydrogen-bond donors (Lipinski definition) is 2. The Morgan fingerprint density at radius 3 is 2.76 bits per heavy atom. The molecular formula is C19H17BrN2O3. The van der Waals surface area contributed by atoms with Gasteiger partial charge in [0.2, 0.25) is 5.91 Å². The Balaban J connectivity index is 1.49. The monoisotopic (exact) mass is 400 g/mol. The van der Waals surface area contributed by atoms with Crippen molar-refractivity contribution < 1.29 is 14.7 Å². The van der Waals surface area contributed by atoms with Crippen molar-refractivity contribution in [1.82, 2.24) is 10.3 Å². The average molecular weight is 401 g/mol. The minimum absolute atomic E-state index is 0.0493. The minimum Gasteiger partial charge on any atom is -0.481 e. The quantitative estimate of drug-likeness (QED) is 0.807. The van der Waals surface area contributed by atoms with Crippen molar-refractivity contribution in [3.8, 4) is 0 Å². The van der Waals surface area contributed by atoms with Gasteiger partial charge in [-0.05, 0) is 59.2 Å². The van der Waals surface area contributed by atoms with E-state index in [-0.39, 0.29) is 24.2 Å². The second-order valence-electron chi connectivity index (χ2n) is 6.70. The molecule has 1 aromatic carbocycles. The van der Waals surface area contributed by atoms with E-state index < -0.39 is 12.0 Å². The van der Waals surface area contributed by atoms with Crippen molar-refractivity contribution in [2.24, 2.45) is 11.8 Å². The van der Waals surface area contributed by atoms with Gasteiger partial charge in [-0.3, -0.25) is 14.6 Å². The van der Waals surface area contributed by atoms with E-state index in [1.54, 1.807) is 24.5 Å². The van der Waals surface area contributed by atoms with E-state index in [1.165, 1.54) is 11.1 Å². The first kappa shape index (κ1) is 16.3. The summed E-state index contributed by atoms with van der Waals surface area (Å²) in [6.07, 6.45) is 3.99. The SMILES string of the molecule is O=C(O)CC(NC(=O)C1C2Cc3cc(Br)ccc3C21)c1ccncc1. The van der Waals surface area contributed by atoms with Crippen LogP contribution in [0.2, 0.25) is 0 Å². The van der Waals surface area contributed by atoms with E-state index in [0.29, 0.717) is 5.92 Å². The molecule has 2 aliphatic carbocycles. The highest BCUT2D eigenvalue weighted by Crippen LogP contribution is 2.61. The third-order valence-corrected chi connectivity index (χ3v) is 5.69. The number of carboxylic acids is 1. The summed E-state index contributed by atoms with van der Waals surface area (Å²) < 4.78 is 1.06. The van der Waals surface area contributed by atoms with Crippen molar-refractivity contribution in [2.75, 3.05) is 0 Å². The van der Waals surface area contributed by atoms with E-state index in [4.69, 9.17) is 5.11 Å². The van der Waals surface area contributed by atoms with Gasteiger partial charge in [0.05, 0.1) is 12.5 Å². The number of amides is 1. The van der Waals surface area contributed by atoms with Gasteiger partial charge in [-0.15, -0.1) is 0 Å². The molecule has 1 fully saturated rings. The molecule has 128 valence electrons. The van der Waals surface area contributed by atoms with Gasteiger partial charge >= 0.3 is 5.97 Å². The van der Waals surface area contributed by atoms with E-state index in [2.05, 4.69) is 38.4 Å². The van der Waals surface area contributed by atoms with Crippen LogP contribution < -0.4 is 5.32 Å². The van der Waals surface area contributed by atoms with Crippen LogP contribution in [0, 0.1) is 11.8 Å². The van der Waals surface area contributed by atoms with Crippen LogP contribution in [-0.4, -0.2) is 22.0 Å². The molecular weight excluding hydrogens is 384 g/mol. The Bertz CT molecular complexity index is 840. The van der Waals surface area contributed by atoms with Crippen LogP contribution in [0.15, 0.2) is 47.2 Å². The van der Waals surface area contributed by atoms with Gasteiger partial charge in [0.25, 0.3) is 0 Å². The summed E-state index contributed by atoms with van der Waals surface area (Å²) in [5.41, 5.74) is 3.33. The molecule has 5 nitrogen and oxygen atoms in total. The zero-order chi connectivity index (χ0) is 17.6. The molecule has 4 atom stereocenters. The molecule has 1 saturated carbocycles. The average Bonchev–Trinajstić information content (AvgIpc) is 3.17. The Morgan fingerprint density at radius 1 is 1.28 bits per heavy atom. The summed E-state index contributed by atoms with van der Waals surface area (Å²) >= 11 is 3.49. The van der Waals surface area contributed by atoms with Crippen molar-refractivity contribution in [1.29, 1.82) is 0 Å².